The Kier molecular flexibility index (Phi) is 6.94. The molecule has 1 aliphatic carbocycles. The molecule has 6 heteroatoms. The maximum atomic E-state index is 13.6. The summed E-state index contributed by atoms with van der Waals surface area (Å²) in [4.78, 5) is 29.1. The van der Waals surface area contributed by atoms with Crippen LogP contribution in [0, 0.1) is 11.8 Å². The van der Waals surface area contributed by atoms with Gasteiger partial charge in [0.15, 0.2) is 0 Å². The van der Waals surface area contributed by atoms with Gasteiger partial charge in [0.1, 0.15) is 0 Å². The van der Waals surface area contributed by atoms with Gasteiger partial charge in [0.25, 0.3) is 0 Å². The van der Waals surface area contributed by atoms with Crippen LogP contribution < -0.4 is 10.2 Å². The van der Waals surface area contributed by atoms with Crippen LogP contribution in [-0.4, -0.2) is 38.1 Å². The standard InChI is InChI=1S/C28H33ClN2O3/c29-22-8-5-7-21(18-22)28(13-16-34-17-14-28)19-30-26(32)23-9-2-3-10-24(23)27(33)31-15-12-20-6-1-4-11-25(20)31/h1,4-8,11,18,23-24H,2-3,9-10,12-17,19H2,(H,30,32). The lowest BCUT2D eigenvalue weighted by atomic mass is 9.73. The van der Waals surface area contributed by atoms with E-state index in [1.54, 1.807) is 0 Å². The Morgan fingerprint density at radius 3 is 2.59 bits per heavy atom. The van der Waals surface area contributed by atoms with E-state index in [2.05, 4.69) is 17.4 Å². The largest absolute Gasteiger partial charge is 0.381 e. The number of benzene rings is 2. The van der Waals surface area contributed by atoms with Crippen LogP contribution >= 0.6 is 11.6 Å². The fourth-order valence-corrected chi connectivity index (χ4v) is 6.23. The number of carbonyl (C=O) groups excluding carboxylic acids is 2. The van der Waals surface area contributed by atoms with Gasteiger partial charge in [-0.05, 0) is 61.4 Å². The van der Waals surface area contributed by atoms with E-state index in [0.717, 1.165) is 56.2 Å². The molecular weight excluding hydrogens is 448 g/mol. The Hall–Kier alpha value is -2.37. The van der Waals surface area contributed by atoms with Crippen LogP contribution in [0.4, 0.5) is 5.69 Å². The monoisotopic (exact) mass is 480 g/mol. The van der Waals surface area contributed by atoms with Gasteiger partial charge in [-0.1, -0.05) is 54.8 Å². The van der Waals surface area contributed by atoms with Crippen LogP contribution in [0.2, 0.25) is 5.02 Å². The second-order valence-corrected chi connectivity index (χ2v) is 10.4. The Bertz CT molecular complexity index is 1050. The molecule has 2 unspecified atom stereocenters. The number of hydrogen-bond donors (Lipinski definition) is 1. The summed E-state index contributed by atoms with van der Waals surface area (Å²) in [7, 11) is 0. The summed E-state index contributed by atoms with van der Waals surface area (Å²) in [5.41, 5.74) is 3.18. The lowest BCUT2D eigenvalue weighted by Gasteiger charge is -2.39. The molecule has 0 bridgehead atoms. The Morgan fingerprint density at radius 2 is 1.79 bits per heavy atom. The Labute approximate surface area is 206 Å². The molecule has 2 amide bonds. The lowest BCUT2D eigenvalue weighted by molar-refractivity contribution is -0.135. The highest BCUT2D eigenvalue weighted by Gasteiger charge is 2.41. The molecule has 5 rings (SSSR count). The number of ether oxygens (including phenoxy) is 1. The summed E-state index contributed by atoms with van der Waals surface area (Å²) < 4.78 is 5.64. The zero-order chi connectivity index (χ0) is 23.5. The van der Waals surface area contributed by atoms with Gasteiger partial charge in [0.2, 0.25) is 11.8 Å². The summed E-state index contributed by atoms with van der Waals surface area (Å²) in [6, 6.07) is 16.1. The minimum Gasteiger partial charge on any atom is -0.381 e. The van der Waals surface area contributed by atoms with E-state index < -0.39 is 0 Å². The number of fused-ring (bicyclic) bond motifs is 1. The minimum absolute atomic E-state index is 0.0124. The Morgan fingerprint density at radius 1 is 1.03 bits per heavy atom. The molecule has 2 aromatic rings. The third-order valence-corrected chi connectivity index (χ3v) is 8.30. The van der Waals surface area contributed by atoms with Crippen LogP contribution in [0.25, 0.3) is 0 Å². The molecule has 2 aliphatic heterocycles. The Balaban J connectivity index is 1.31. The van der Waals surface area contributed by atoms with Crippen LogP contribution in [0.3, 0.4) is 0 Å². The van der Waals surface area contributed by atoms with E-state index in [0.29, 0.717) is 31.3 Å². The number of para-hydroxylation sites is 1. The normalized spacial score (nSPS) is 23.9. The highest BCUT2D eigenvalue weighted by molar-refractivity contribution is 6.30. The van der Waals surface area contributed by atoms with E-state index in [9.17, 15) is 9.59 Å². The van der Waals surface area contributed by atoms with Gasteiger partial charge in [0.05, 0.1) is 5.92 Å². The van der Waals surface area contributed by atoms with Crippen molar-refractivity contribution in [3.05, 3.63) is 64.7 Å². The van der Waals surface area contributed by atoms with E-state index >= 15 is 0 Å². The zero-order valence-electron chi connectivity index (χ0n) is 19.6. The highest BCUT2D eigenvalue weighted by Crippen LogP contribution is 2.38. The molecule has 0 aromatic heterocycles. The summed E-state index contributed by atoms with van der Waals surface area (Å²) in [5.74, 6) is -0.402. The fourth-order valence-electron chi connectivity index (χ4n) is 6.04. The molecule has 2 heterocycles. The number of carbonyl (C=O) groups is 2. The average molecular weight is 481 g/mol. The SMILES string of the molecule is O=C(NCC1(c2cccc(Cl)c2)CCOCC1)C1CCCCC1C(=O)N1CCc2ccccc21. The second-order valence-electron chi connectivity index (χ2n) is 9.99. The van der Waals surface area contributed by atoms with E-state index in [4.69, 9.17) is 16.3 Å². The molecule has 2 fully saturated rings. The first-order chi connectivity index (χ1) is 16.6. The van der Waals surface area contributed by atoms with Gasteiger partial charge in [-0.3, -0.25) is 9.59 Å². The summed E-state index contributed by atoms with van der Waals surface area (Å²) in [5, 5.41) is 3.97. The van der Waals surface area contributed by atoms with Crippen molar-refractivity contribution in [1.29, 1.82) is 0 Å². The van der Waals surface area contributed by atoms with Crippen molar-refractivity contribution in [3.8, 4) is 0 Å². The molecule has 3 aliphatic rings. The number of rotatable bonds is 5. The van der Waals surface area contributed by atoms with Gasteiger partial charge in [-0.25, -0.2) is 0 Å². The van der Waals surface area contributed by atoms with Crippen molar-refractivity contribution in [2.45, 2.75) is 50.4 Å². The van der Waals surface area contributed by atoms with Gasteiger partial charge in [-0.15, -0.1) is 0 Å². The number of anilines is 1. The predicted octanol–water partition coefficient (Wildman–Crippen LogP) is 4.90. The number of halogens is 1. The molecule has 0 spiro atoms. The number of nitrogens with zero attached hydrogens (tertiary/aromatic N) is 1. The smallest absolute Gasteiger partial charge is 0.230 e. The van der Waals surface area contributed by atoms with Gasteiger partial charge in [0, 0.05) is 48.3 Å². The van der Waals surface area contributed by atoms with Crippen molar-refractivity contribution in [1.82, 2.24) is 5.32 Å². The number of nitrogens with one attached hydrogen (secondary N) is 1. The van der Waals surface area contributed by atoms with E-state index in [-0.39, 0.29) is 29.1 Å². The summed E-state index contributed by atoms with van der Waals surface area (Å²) in [6.07, 6.45) is 6.10. The highest BCUT2D eigenvalue weighted by atomic mass is 35.5. The first-order valence-electron chi connectivity index (χ1n) is 12.6. The van der Waals surface area contributed by atoms with Crippen LogP contribution in [-0.2, 0) is 26.2 Å². The third-order valence-electron chi connectivity index (χ3n) is 8.06. The van der Waals surface area contributed by atoms with Gasteiger partial charge in [-0.2, -0.15) is 0 Å². The predicted molar refractivity (Wildman–Crippen MR) is 134 cm³/mol. The molecule has 0 radical (unpaired) electrons. The molecule has 2 aromatic carbocycles. The molecule has 5 nitrogen and oxygen atoms in total. The molecule has 34 heavy (non-hydrogen) atoms. The van der Waals surface area contributed by atoms with Crippen molar-refractivity contribution in [2.75, 3.05) is 31.2 Å². The van der Waals surface area contributed by atoms with E-state index in [1.165, 1.54) is 5.56 Å². The minimum atomic E-state index is -0.273. The fraction of sp³-hybridized carbons (Fsp3) is 0.500. The second kappa shape index (κ2) is 10.1. The first-order valence-corrected chi connectivity index (χ1v) is 13.0. The van der Waals surface area contributed by atoms with Crippen molar-refractivity contribution >= 4 is 29.1 Å². The molecule has 1 saturated carbocycles. The molecule has 1 N–H and O–H groups in total. The summed E-state index contributed by atoms with van der Waals surface area (Å²) in [6.45, 7) is 2.59. The first kappa shape index (κ1) is 23.4. The van der Waals surface area contributed by atoms with Crippen molar-refractivity contribution in [2.24, 2.45) is 11.8 Å². The van der Waals surface area contributed by atoms with Gasteiger partial charge < -0.3 is 15.0 Å². The average Bonchev–Trinajstić information content (AvgIpc) is 3.32. The molecule has 2 atom stereocenters. The third kappa shape index (κ3) is 4.60. The van der Waals surface area contributed by atoms with Crippen LogP contribution in [0.5, 0.6) is 0 Å². The quantitative estimate of drug-likeness (QED) is 0.662. The summed E-state index contributed by atoms with van der Waals surface area (Å²) >= 11 is 6.30. The number of hydrogen-bond acceptors (Lipinski definition) is 3. The van der Waals surface area contributed by atoms with Gasteiger partial charge >= 0.3 is 0 Å². The number of amides is 2. The van der Waals surface area contributed by atoms with Crippen molar-refractivity contribution < 1.29 is 14.3 Å². The molecule has 1 saturated heterocycles. The molecular formula is C28H33ClN2O3. The topological polar surface area (TPSA) is 58.6 Å². The maximum absolute atomic E-state index is 13.6. The zero-order valence-corrected chi connectivity index (χ0v) is 20.4. The lowest BCUT2D eigenvalue weighted by Crippen LogP contribution is -2.49. The maximum Gasteiger partial charge on any atom is 0.230 e. The van der Waals surface area contributed by atoms with Crippen molar-refractivity contribution in [3.63, 3.8) is 0 Å². The van der Waals surface area contributed by atoms with E-state index in [1.807, 2.05) is 41.3 Å². The van der Waals surface area contributed by atoms with Crippen LogP contribution in [0.15, 0.2) is 48.5 Å². The van der Waals surface area contributed by atoms with Crippen LogP contribution in [0.1, 0.15) is 49.7 Å². The molecule has 180 valence electrons.